The first-order valence-corrected chi connectivity index (χ1v) is 10.9. The molecule has 1 aromatic carbocycles. The molecule has 0 aliphatic carbocycles. The highest BCUT2D eigenvalue weighted by atomic mass is 35.7. The second-order valence-corrected chi connectivity index (χ2v) is 9.66. The third kappa shape index (κ3) is 4.71. The van der Waals surface area contributed by atoms with Crippen LogP contribution in [0.4, 0.5) is 0 Å². The molecule has 0 N–H and O–H groups in total. The van der Waals surface area contributed by atoms with Gasteiger partial charge >= 0.3 is 0 Å². The Morgan fingerprint density at radius 2 is 1.92 bits per heavy atom. The maximum Gasteiger partial charge on any atom is 0.232 e. The number of halogens is 1. The van der Waals surface area contributed by atoms with Crippen molar-refractivity contribution in [3.05, 3.63) is 35.9 Å². The van der Waals surface area contributed by atoms with E-state index in [1.165, 1.54) is 5.56 Å². The number of hydrogen-bond acceptors (Lipinski definition) is 4. The van der Waals surface area contributed by atoms with Crippen LogP contribution in [0.3, 0.4) is 0 Å². The standard InChI is InChI=1S/C17H23ClN2O3S/c18-24(22,23)13-15-9-17(21)20(11-15)16-7-4-8-19(12-16)10-14-5-2-1-3-6-14/h1-3,5-6,15-16H,4,7-13H2/t15?,16-/m1/s1. The molecule has 2 fully saturated rings. The first-order chi connectivity index (χ1) is 11.4. The molecule has 132 valence electrons. The van der Waals surface area contributed by atoms with Gasteiger partial charge in [0.1, 0.15) is 0 Å². The van der Waals surface area contributed by atoms with Crippen molar-refractivity contribution >= 4 is 25.6 Å². The molecule has 24 heavy (non-hydrogen) atoms. The lowest BCUT2D eigenvalue weighted by Crippen LogP contribution is -2.48. The van der Waals surface area contributed by atoms with Crippen LogP contribution in [0.25, 0.3) is 0 Å². The summed E-state index contributed by atoms with van der Waals surface area (Å²) in [6.45, 7) is 3.28. The summed E-state index contributed by atoms with van der Waals surface area (Å²) in [6.07, 6.45) is 2.33. The number of hydrogen-bond donors (Lipinski definition) is 0. The molecule has 0 saturated carbocycles. The monoisotopic (exact) mass is 370 g/mol. The maximum absolute atomic E-state index is 12.3. The Kier molecular flexibility index (Phi) is 5.47. The Hall–Kier alpha value is -1.11. The van der Waals surface area contributed by atoms with E-state index in [9.17, 15) is 13.2 Å². The van der Waals surface area contributed by atoms with Crippen LogP contribution in [0, 0.1) is 5.92 Å². The van der Waals surface area contributed by atoms with E-state index in [-0.39, 0.29) is 23.6 Å². The zero-order valence-electron chi connectivity index (χ0n) is 13.6. The van der Waals surface area contributed by atoms with Gasteiger partial charge in [-0.3, -0.25) is 9.69 Å². The Balaban J connectivity index is 1.59. The van der Waals surface area contributed by atoms with Crippen molar-refractivity contribution < 1.29 is 13.2 Å². The number of likely N-dealkylation sites (tertiary alicyclic amines) is 2. The summed E-state index contributed by atoms with van der Waals surface area (Å²) in [7, 11) is 1.79. The van der Waals surface area contributed by atoms with Crippen LogP contribution in [0.15, 0.2) is 30.3 Å². The maximum atomic E-state index is 12.3. The fourth-order valence-electron chi connectivity index (χ4n) is 3.83. The number of rotatable bonds is 5. The lowest BCUT2D eigenvalue weighted by atomic mass is 10.0. The first kappa shape index (κ1) is 17.7. The molecule has 2 heterocycles. The molecule has 0 spiro atoms. The Labute approximate surface area is 148 Å². The van der Waals surface area contributed by atoms with E-state index < -0.39 is 9.05 Å². The highest BCUT2D eigenvalue weighted by molar-refractivity contribution is 8.13. The summed E-state index contributed by atoms with van der Waals surface area (Å²) in [5, 5.41) is 0. The van der Waals surface area contributed by atoms with Gasteiger partial charge in [-0.1, -0.05) is 30.3 Å². The molecule has 2 atom stereocenters. The minimum Gasteiger partial charge on any atom is -0.338 e. The van der Waals surface area contributed by atoms with Crippen LogP contribution in [0.2, 0.25) is 0 Å². The molecule has 2 saturated heterocycles. The summed E-state index contributed by atoms with van der Waals surface area (Å²) in [5.41, 5.74) is 1.28. The highest BCUT2D eigenvalue weighted by Gasteiger charge is 2.37. The lowest BCUT2D eigenvalue weighted by Gasteiger charge is -2.37. The van der Waals surface area contributed by atoms with E-state index in [1.807, 2.05) is 23.1 Å². The molecule has 0 bridgehead atoms. The number of benzene rings is 1. The van der Waals surface area contributed by atoms with Gasteiger partial charge in [-0.15, -0.1) is 0 Å². The molecule has 0 radical (unpaired) electrons. The van der Waals surface area contributed by atoms with Gasteiger partial charge < -0.3 is 4.90 Å². The average Bonchev–Trinajstić information content (AvgIpc) is 2.87. The van der Waals surface area contributed by atoms with E-state index in [1.54, 1.807) is 0 Å². The third-order valence-electron chi connectivity index (χ3n) is 4.84. The topological polar surface area (TPSA) is 57.7 Å². The highest BCUT2D eigenvalue weighted by Crippen LogP contribution is 2.27. The van der Waals surface area contributed by atoms with Gasteiger partial charge in [-0.05, 0) is 24.9 Å². The summed E-state index contributed by atoms with van der Waals surface area (Å²) < 4.78 is 22.5. The van der Waals surface area contributed by atoms with Crippen LogP contribution in [-0.4, -0.2) is 55.6 Å². The number of carbonyl (C=O) groups is 1. The predicted molar refractivity (Wildman–Crippen MR) is 94.2 cm³/mol. The molecule has 0 aromatic heterocycles. The molecule has 1 unspecified atom stereocenters. The lowest BCUT2D eigenvalue weighted by molar-refractivity contribution is -0.130. The van der Waals surface area contributed by atoms with Crippen molar-refractivity contribution in [3.63, 3.8) is 0 Å². The van der Waals surface area contributed by atoms with Crippen LogP contribution >= 0.6 is 10.7 Å². The van der Waals surface area contributed by atoms with Gasteiger partial charge in [0.15, 0.2) is 0 Å². The number of carbonyl (C=O) groups excluding carboxylic acids is 1. The van der Waals surface area contributed by atoms with Crippen molar-refractivity contribution in [1.29, 1.82) is 0 Å². The molecule has 5 nitrogen and oxygen atoms in total. The number of nitrogens with zero attached hydrogens (tertiary/aromatic N) is 2. The predicted octanol–water partition coefficient (Wildman–Crippen LogP) is 2.07. The van der Waals surface area contributed by atoms with Crippen LogP contribution in [0.1, 0.15) is 24.8 Å². The smallest absolute Gasteiger partial charge is 0.232 e. The van der Waals surface area contributed by atoms with Crippen LogP contribution in [0.5, 0.6) is 0 Å². The molecular weight excluding hydrogens is 348 g/mol. The normalized spacial score (nSPS) is 26.0. The van der Waals surface area contributed by atoms with Gasteiger partial charge in [0.25, 0.3) is 0 Å². The summed E-state index contributed by atoms with van der Waals surface area (Å²) in [4.78, 5) is 16.6. The summed E-state index contributed by atoms with van der Waals surface area (Å²) in [6, 6.07) is 10.5. The number of piperidine rings is 1. The van der Waals surface area contributed by atoms with E-state index in [0.29, 0.717) is 13.0 Å². The molecule has 3 rings (SSSR count). The van der Waals surface area contributed by atoms with Crippen LogP contribution in [-0.2, 0) is 20.4 Å². The Morgan fingerprint density at radius 3 is 2.62 bits per heavy atom. The van der Waals surface area contributed by atoms with Crippen molar-refractivity contribution in [3.8, 4) is 0 Å². The Morgan fingerprint density at radius 1 is 1.17 bits per heavy atom. The molecule has 2 aliphatic rings. The van der Waals surface area contributed by atoms with Crippen LogP contribution < -0.4 is 0 Å². The fraction of sp³-hybridized carbons (Fsp3) is 0.588. The summed E-state index contributed by atoms with van der Waals surface area (Å²) >= 11 is 0. The fourth-order valence-corrected chi connectivity index (χ4v) is 5.15. The van der Waals surface area contributed by atoms with E-state index in [2.05, 4.69) is 17.0 Å². The van der Waals surface area contributed by atoms with E-state index in [0.717, 1.165) is 32.5 Å². The molecule has 2 aliphatic heterocycles. The van der Waals surface area contributed by atoms with E-state index in [4.69, 9.17) is 10.7 Å². The zero-order valence-corrected chi connectivity index (χ0v) is 15.2. The molecule has 7 heteroatoms. The van der Waals surface area contributed by atoms with Gasteiger partial charge in [0, 0.05) is 48.7 Å². The Bertz CT molecular complexity index is 680. The van der Waals surface area contributed by atoms with Gasteiger partial charge in [-0.25, -0.2) is 8.42 Å². The quantitative estimate of drug-likeness (QED) is 0.744. The van der Waals surface area contributed by atoms with Gasteiger partial charge in [0.2, 0.25) is 15.0 Å². The zero-order chi connectivity index (χ0) is 17.2. The van der Waals surface area contributed by atoms with Gasteiger partial charge in [0.05, 0.1) is 5.75 Å². The van der Waals surface area contributed by atoms with Gasteiger partial charge in [-0.2, -0.15) is 0 Å². The SMILES string of the molecule is O=C1CC(CS(=O)(=O)Cl)CN1[C@@H]1CCCN(Cc2ccccc2)C1. The second kappa shape index (κ2) is 7.42. The van der Waals surface area contributed by atoms with Crippen molar-refractivity contribution in [2.24, 2.45) is 5.92 Å². The second-order valence-electron chi connectivity index (χ2n) is 6.84. The average molecular weight is 371 g/mol. The van der Waals surface area contributed by atoms with E-state index >= 15 is 0 Å². The summed E-state index contributed by atoms with van der Waals surface area (Å²) in [5.74, 6) is -0.228. The minimum atomic E-state index is -3.55. The molecule has 1 aromatic rings. The molecule has 1 amide bonds. The largest absolute Gasteiger partial charge is 0.338 e. The van der Waals surface area contributed by atoms with Crippen molar-refractivity contribution in [2.75, 3.05) is 25.4 Å². The minimum absolute atomic E-state index is 0.0619. The third-order valence-corrected chi connectivity index (χ3v) is 6.09. The number of amides is 1. The van der Waals surface area contributed by atoms with Crippen molar-refractivity contribution in [2.45, 2.75) is 31.8 Å². The van der Waals surface area contributed by atoms with Crippen molar-refractivity contribution in [1.82, 2.24) is 9.80 Å². The first-order valence-electron chi connectivity index (χ1n) is 8.39. The molecular formula is C17H23ClN2O3S.